The summed E-state index contributed by atoms with van der Waals surface area (Å²) in [6, 6.07) is 9.40. The van der Waals surface area contributed by atoms with Gasteiger partial charge in [0, 0.05) is 50.1 Å². The molecule has 0 atom stereocenters. The normalized spacial score (nSPS) is 11.1. The van der Waals surface area contributed by atoms with Crippen LogP contribution in [0.25, 0.3) is 0 Å². The molecule has 0 saturated carbocycles. The molecule has 0 aliphatic rings. The molecule has 2 rings (SSSR count). The molecule has 2 aromatic carbocycles. The zero-order chi connectivity index (χ0) is 28.2. The maximum Gasteiger partial charge on any atom is 0.317 e. The standard InChI is InChI=1S/C26H32N2O10/c29-21-11-17(3-7-23(31)32)1-5-19(21)13-27(15-25(35)36)9-10-28(16-26(37)38)14-20-6-2-18(12-22(20)30)4-8-24(33)34/h1-2,5-6,11-12,29-30H,3-4,7-10,13-16H2,(H,31,32)(H,33,34)(H,35,36)(H,37,38). The van der Waals surface area contributed by atoms with E-state index in [9.17, 15) is 39.6 Å². The van der Waals surface area contributed by atoms with E-state index < -0.39 is 23.9 Å². The molecular weight excluding hydrogens is 500 g/mol. The second kappa shape index (κ2) is 14.5. The van der Waals surface area contributed by atoms with Crippen molar-refractivity contribution in [3.05, 3.63) is 58.7 Å². The lowest BCUT2D eigenvalue weighted by Crippen LogP contribution is -2.39. The fourth-order valence-corrected chi connectivity index (χ4v) is 3.88. The number of aromatic hydroxyl groups is 2. The van der Waals surface area contributed by atoms with E-state index in [4.69, 9.17) is 10.2 Å². The molecule has 2 aromatic rings. The molecule has 0 fully saturated rings. The summed E-state index contributed by atoms with van der Waals surface area (Å²) < 4.78 is 0. The molecule has 0 saturated heterocycles. The fraction of sp³-hybridized carbons (Fsp3) is 0.385. The van der Waals surface area contributed by atoms with Gasteiger partial charge in [0.1, 0.15) is 11.5 Å². The van der Waals surface area contributed by atoms with Crippen LogP contribution < -0.4 is 0 Å². The lowest BCUT2D eigenvalue weighted by molar-refractivity contribution is -0.140. The number of hydrogen-bond donors (Lipinski definition) is 6. The van der Waals surface area contributed by atoms with E-state index in [-0.39, 0.29) is 76.5 Å². The number of benzene rings is 2. The zero-order valence-electron chi connectivity index (χ0n) is 20.7. The maximum absolute atomic E-state index is 11.4. The number of aryl methyl sites for hydroxylation is 2. The first kappa shape index (κ1) is 30.1. The molecule has 0 aliphatic heterocycles. The van der Waals surface area contributed by atoms with Crippen LogP contribution in [-0.2, 0) is 45.1 Å². The average molecular weight is 533 g/mol. The first-order valence-electron chi connectivity index (χ1n) is 11.9. The van der Waals surface area contributed by atoms with Crippen molar-refractivity contribution in [2.24, 2.45) is 0 Å². The van der Waals surface area contributed by atoms with Gasteiger partial charge in [0.05, 0.1) is 13.1 Å². The number of phenols is 2. The number of carboxylic acids is 4. The van der Waals surface area contributed by atoms with Crippen molar-refractivity contribution in [1.82, 2.24) is 9.80 Å². The van der Waals surface area contributed by atoms with Crippen LogP contribution in [0.1, 0.15) is 35.1 Å². The van der Waals surface area contributed by atoms with Gasteiger partial charge in [0.2, 0.25) is 0 Å². The Morgan fingerprint density at radius 2 is 0.947 bits per heavy atom. The quantitative estimate of drug-likeness (QED) is 0.172. The Morgan fingerprint density at radius 1 is 0.579 bits per heavy atom. The molecule has 38 heavy (non-hydrogen) atoms. The van der Waals surface area contributed by atoms with Crippen LogP contribution in [0, 0.1) is 0 Å². The number of aliphatic carboxylic acids is 4. The summed E-state index contributed by atoms with van der Waals surface area (Å²) in [4.78, 5) is 47.5. The molecule has 0 spiro atoms. The van der Waals surface area contributed by atoms with Crippen molar-refractivity contribution in [3.63, 3.8) is 0 Å². The van der Waals surface area contributed by atoms with Crippen molar-refractivity contribution in [3.8, 4) is 11.5 Å². The highest BCUT2D eigenvalue weighted by atomic mass is 16.4. The molecule has 0 aromatic heterocycles. The first-order chi connectivity index (χ1) is 17.9. The Labute approximate surface area is 219 Å². The predicted molar refractivity (Wildman–Crippen MR) is 134 cm³/mol. The van der Waals surface area contributed by atoms with Gasteiger partial charge in [-0.05, 0) is 36.1 Å². The smallest absolute Gasteiger partial charge is 0.317 e. The molecular formula is C26H32N2O10. The van der Waals surface area contributed by atoms with Crippen molar-refractivity contribution >= 4 is 23.9 Å². The molecule has 0 radical (unpaired) electrons. The van der Waals surface area contributed by atoms with Gasteiger partial charge in [-0.15, -0.1) is 0 Å². The molecule has 0 heterocycles. The lowest BCUT2D eigenvalue weighted by atomic mass is 10.1. The molecule has 0 amide bonds. The number of phenolic OH excluding ortho intramolecular Hbond substituents is 2. The van der Waals surface area contributed by atoms with Gasteiger partial charge in [-0.1, -0.05) is 24.3 Å². The number of rotatable bonds is 17. The Bertz CT molecular complexity index is 1060. The summed E-state index contributed by atoms with van der Waals surface area (Å²) in [6.45, 7) is -0.354. The maximum atomic E-state index is 11.4. The monoisotopic (exact) mass is 532 g/mol. The lowest BCUT2D eigenvalue weighted by Gasteiger charge is -2.26. The van der Waals surface area contributed by atoms with Crippen LogP contribution in [0.4, 0.5) is 0 Å². The Kier molecular flexibility index (Phi) is 11.5. The van der Waals surface area contributed by atoms with E-state index in [1.807, 2.05) is 0 Å². The van der Waals surface area contributed by atoms with Gasteiger partial charge in [0.15, 0.2) is 0 Å². The average Bonchev–Trinajstić information content (AvgIpc) is 2.81. The van der Waals surface area contributed by atoms with Gasteiger partial charge in [-0.25, -0.2) is 0 Å². The highest BCUT2D eigenvalue weighted by Gasteiger charge is 2.18. The van der Waals surface area contributed by atoms with Crippen molar-refractivity contribution in [2.45, 2.75) is 38.8 Å². The Morgan fingerprint density at radius 3 is 1.24 bits per heavy atom. The van der Waals surface area contributed by atoms with E-state index in [1.165, 1.54) is 21.9 Å². The SMILES string of the molecule is O=C(O)CCc1ccc(CN(CCN(CC(=O)O)Cc2ccc(CCC(=O)O)cc2O)CC(=O)O)c(O)c1. The van der Waals surface area contributed by atoms with Crippen molar-refractivity contribution in [2.75, 3.05) is 26.2 Å². The number of carbonyl (C=O) groups is 4. The molecule has 0 bridgehead atoms. The summed E-state index contributed by atoms with van der Waals surface area (Å²) in [5.74, 6) is -4.34. The fourth-order valence-electron chi connectivity index (χ4n) is 3.88. The van der Waals surface area contributed by atoms with Gasteiger partial charge in [-0.2, -0.15) is 0 Å². The van der Waals surface area contributed by atoms with E-state index in [1.54, 1.807) is 24.3 Å². The predicted octanol–water partition coefficient (Wildman–Crippen LogP) is 1.61. The topological polar surface area (TPSA) is 196 Å². The van der Waals surface area contributed by atoms with Crippen LogP contribution in [0.2, 0.25) is 0 Å². The minimum atomic E-state index is -1.11. The molecule has 0 aliphatic carbocycles. The van der Waals surface area contributed by atoms with Crippen molar-refractivity contribution in [1.29, 1.82) is 0 Å². The number of nitrogens with zero attached hydrogens (tertiary/aromatic N) is 2. The van der Waals surface area contributed by atoms with Gasteiger partial charge in [-0.3, -0.25) is 29.0 Å². The third-order valence-corrected chi connectivity index (χ3v) is 5.79. The molecule has 12 heteroatoms. The Balaban J connectivity index is 2.10. The van der Waals surface area contributed by atoms with E-state index in [0.29, 0.717) is 22.3 Å². The summed E-state index contributed by atoms with van der Waals surface area (Å²) in [6.07, 6.45) is 0.285. The highest BCUT2D eigenvalue weighted by Crippen LogP contribution is 2.23. The minimum Gasteiger partial charge on any atom is -0.508 e. The van der Waals surface area contributed by atoms with Crippen LogP contribution in [0.5, 0.6) is 11.5 Å². The summed E-state index contributed by atoms with van der Waals surface area (Å²) in [5.41, 5.74) is 2.12. The largest absolute Gasteiger partial charge is 0.508 e. The van der Waals surface area contributed by atoms with Gasteiger partial charge < -0.3 is 30.6 Å². The number of hydrogen-bond acceptors (Lipinski definition) is 8. The van der Waals surface area contributed by atoms with E-state index in [2.05, 4.69) is 0 Å². The minimum absolute atomic E-state index is 0.0573. The van der Waals surface area contributed by atoms with Gasteiger partial charge >= 0.3 is 23.9 Å². The molecule has 12 nitrogen and oxygen atoms in total. The summed E-state index contributed by atoms with van der Waals surface area (Å²) in [7, 11) is 0. The summed E-state index contributed by atoms with van der Waals surface area (Å²) >= 11 is 0. The molecule has 6 N–H and O–H groups in total. The first-order valence-corrected chi connectivity index (χ1v) is 11.9. The van der Waals surface area contributed by atoms with Crippen LogP contribution in [0.3, 0.4) is 0 Å². The molecule has 206 valence electrons. The second-order valence-corrected chi connectivity index (χ2v) is 8.92. The zero-order valence-corrected chi connectivity index (χ0v) is 20.7. The Hall–Kier alpha value is -4.16. The van der Waals surface area contributed by atoms with Crippen LogP contribution in [0.15, 0.2) is 36.4 Å². The van der Waals surface area contributed by atoms with Crippen LogP contribution in [-0.4, -0.2) is 90.5 Å². The third kappa shape index (κ3) is 10.8. The third-order valence-electron chi connectivity index (χ3n) is 5.79. The van der Waals surface area contributed by atoms with E-state index >= 15 is 0 Å². The van der Waals surface area contributed by atoms with Crippen molar-refractivity contribution < 1.29 is 49.8 Å². The molecule has 0 unspecified atom stereocenters. The highest BCUT2D eigenvalue weighted by molar-refractivity contribution is 5.69. The van der Waals surface area contributed by atoms with E-state index in [0.717, 1.165) is 0 Å². The van der Waals surface area contributed by atoms with Crippen LogP contribution >= 0.6 is 0 Å². The second-order valence-electron chi connectivity index (χ2n) is 8.92. The number of carboxylic acid groups (broad SMARTS) is 4. The van der Waals surface area contributed by atoms with Gasteiger partial charge in [0.25, 0.3) is 0 Å². The summed E-state index contributed by atoms with van der Waals surface area (Å²) in [5, 5.41) is 57.1.